The third-order valence-electron chi connectivity index (χ3n) is 3.17. The highest BCUT2D eigenvalue weighted by molar-refractivity contribution is 7.92. The molecular weight excluding hydrogens is 355 g/mol. The monoisotopic (exact) mass is 370 g/mol. The lowest BCUT2D eigenvalue weighted by Gasteiger charge is -2.22. The summed E-state index contributed by atoms with van der Waals surface area (Å²) in [5.41, 5.74) is 0.417. The van der Waals surface area contributed by atoms with E-state index in [1.54, 1.807) is 24.3 Å². The predicted octanol–water partition coefficient (Wildman–Crippen LogP) is 3.27. The average Bonchev–Trinajstić information content (AvgIpc) is 2.48. The summed E-state index contributed by atoms with van der Waals surface area (Å²) in [7, 11) is -3.72. The first-order valence-electron chi connectivity index (χ1n) is 7.05. The van der Waals surface area contributed by atoms with Crippen LogP contribution in [0.1, 0.15) is 6.42 Å². The number of anilines is 2. The van der Waals surface area contributed by atoms with E-state index in [0.29, 0.717) is 10.7 Å². The van der Waals surface area contributed by atoms with Crippen molar-refractivity contribution in [1.29, 1.82) is 0 Å². The van der Waals surface area contributed by atoms with Gasteiger partial charge in [-0.25, -0.2) is 12.8 Å². The number of hydrogen-bond donors (Lipinski definition) is 1. The van der Waals surface area contributed by atoms with Crippen LogP contribution in [-0.4, -0.2) is 27.1 Å². The van der Waals surface area contributed by atoms with Crippen molar-refractivity contribution in [1.82, 2.24) is 0 Å². The van der Waals surface area contributed by atoms with E-state index in [2.05, 4.69) is 5.32 Å². The number of rotatable bonds is 6. The van der Waals surface area contributed by atoms with E-state index < -0.39 is 21.7 Å². The molecule has 0 unspecified atom stereocenters. The summed E-state index contributed by atoms with van der Waals surface area (Å²) in [6.07, 6.45) is 0.836. The van der Waals surface area contributed by atoms with Gasteiger partial charge in [0.15, 0.2) is 0 Å². The fourth-order valence-electron chi connectivity index (χ4n) is 2.11. The molecule has 24 heavy (non-hydrogen) atoms. The fraction of sp³-hybridized carbons (Fsp3) is 0.188. The predicted molar refractivity (Wildman–Crippen MR) is 93.3 cm³/mol. The Balaban J connectivity index is 2.09. The van der Waals surface area contributed by atoms with Gasteiger partial charge in [-0.1, -0.05) is 29.8 Å². The number of carbonyl (C=O) groups is 1. The van der Waals surface area contributed by atoms with E-state index in [-0.39, 0.29) is 18.7 Å². The Hall–Kier alpha value is -2.12. The lowest BCUT2D eigenvalue weighted by molar-refractivity contribution is -0.116. The second-order valence-electron chi connectivity index (χ2n) is 5.10. The zero-order valence-electron chi connectivity index (χ0n) is 12.9. The van der Waals surface area contributed by atoms with Crippen molar-refractivity contribution in [3.8, 4) is 0 Å². The maximum Gasteiger partial charge on any atom is 0.232 e. The third-order valence-corrected chi connectivity index (χ3v) is 4.59. The highest BCUT2D eigenvalue weighted by atomic mass is 35.5. The van der Waals surface area contributed by atoms with Gasteiger partial charge in [0, 0.05) is 23.7 Å². The SMILES string of the molecule is CS(=O)(=O)N(CCC(=O)Nc1cccc(Cl)c1)c1ccccc1F. The minimum Gasteiger partial charge on any atom is -0.326 e. The summed E-state index contributed by atoms with van der Waals surface area (Å²) in [5, 5.41) is 3.09. The molecule has 128 valence electrons. The van der Waals surface area contributed by atoms with Gasteiger partial charge in [-0.3, -0.25) is 9.10 Å². The van der Waals surface area contributed by atoms with E-state index >= 15 is 0 Å². The zero-order chi connectivity index (χ0) is 17.7. The van der Waals surface area contributed by atoms with Gasteiger partial charge in [0.2, 0.25) is 15.9 Å². The summed E-state index contributed by atoms with van der Waals surface area (Å²) in [4.78, 5) is 12.0. The molecule has 0 saturated carbocycles. The molecule has 1 amide bonds. The summed E-state index contributed by atoms with van der Waals surface area (Å²) < 4.78 is 38.6. The van der Waals surface area contributed by atoms with Crippen LogP contribution in [0.15, 0.2) is 48.5 Å². The molecule has 0 aliphatic carbocycles. The van der Waals surface area contributed by atoms with E-state index in [4.69, 9.17) is 11.6 Å². The molecule has 0 radical (unpaired) electrons. The van der Waals surface area contributed by atoms with E-state index in [0.717, 1.165) is 10.6 Å². The number of benzene rings is 2. The van der Waals surface area contributed by atoms with Crippen molar-refractivity contribution in [3.05, 3.63) is 59.4 Å². The number of nitrogens with zero attached hydrogens (tertiary/aromatic N) is 1. The van der Waals surface area contributed by atoms with Crippen LogP contribution in [0.25, 0.3) is 0 Å². The van der Waals surface area contributed by atoms with Crippen molar-refractivity contribution >= 4 is 38.9 Å². The van der Waals surface area contributed by atoms with Gasteiger partial charge in [-0.05, 0) is 30.3 Å². The molecule has 2 aromatic carbocycles. The molecule has 8 heteroatoms. The molecule has 2 rings (SSSR count). The average molecular weight is 371 g/mol. The maximum absolute atomic E-state index is 13.9. The molecule has 0 heterocycles. The number of sulfonamides is 1. The summed E-state index contributed by atoms with van der Waals surface area (Å²) in [6.45, 7) is -0.174. The smallest absolute Gasteiger partial charge is 0.232 e. The first kappa shape index (κ1) is 18.2. The highest BCUT2D eigenvalue weighted by Crippen LogP contribution is 2.22. The number of para-hydroxylation sites is 1. The van der Waals surface area contributed by atoms with Crippen molar-refractivity contribution in [2.24, 2.45) is 0 Å². The molecule has 0 aliphatic rings. The highest BCUT2D eigenvalue weighted by Gasteiger charge is 2.21. The van der Waals surface area contributed by atoms with Gasteiger partial charge >= 0.3 is 0 Å². The topological polar surface area (TPSA) is 66.5 Å². The first-order chi connectivity index (χ1) is 11.3. The lowest BCUT2D eigenvalue weighted by atomic mass is 10.3. The molecule has 0 bridgehead atoms. The molecule has 0 aromatic heterocycles. The number of hydrogen-bond acceptors (Lipinski definition) is 3. The van der Waals surface area contributed by atoms with E-state index in [1.165, 1.54) is 24.3 Å². The van der Waals surface area contributed by atoms with Gasteiger partial charge in [0.1, 0.15) is 5.82 Å². The van der Waals surface area contributed by atoms with Crippen LogP contribution < -0.4 is 9.62 Å². The van der Waals surface area contributed by atoms with Crippen LogP contribution >= 0.6 is 11.6 Å². The molecule has 0 saturated heterocycles. The van der Waals surface area contributed by atoms with E-state index in [1.807, 2.05) is 0 Å². The molecule has 1 N–H and O–H groups in total. The third kappa shape index (κ3) is 4.94. The summed E-state index contributed by atoms with van der Waals surface area (Å²) in [6, 6.07) is 12.1. The largest absolute Gasteiger partial charge is 0.326 e. The minimum absolute atomic E-state index is 0.0874. The number of amides is 1. The summed E-state index contributed by atoms with van der Waals surface area (Å²) >= 11 is 5.83. The summed E-state index contributed by atoms with van der Waals surface area (Å²) in [5.74, 6) is -1.07. The van der Waals surface area contributed by atoms with Crippen molar-refractivity contribution < 1.29 is 17.6 Å². The van der Waals surface area contributed by atoms with Crippen LogP contribution in [0.2, 0.25) is 5.02 Å². The van der Waals surface area contributed by atoms with Gasteiger partial charge in [-0.2, -0.15) is 0 Å². The van der Waals surface area contributed by atoms with Crippen LogP contribution in [0.3, 0.4) is 0 Å². The Morgan fingerprint density at radius 2 is 1.92 bits per heavy atom. The van der Waals surface area contributed by atoms with Gasteiger partial charge < -0.3 is 5.32 Å². The molecule has 0 aliphatic heterocycles. The van der Waals surface area contributed by atoms with Gasteiger partial charge in [-0.15, -0.1) is 0 Å². The van der Waals surface area contributed by atoms with E-state index in [9.17, 15) is 17.6 Å². The van der Waals surface area contributed by atoms with Crippen LogP contribution in [0, 0.1) is 5.82 Å². The van der Waals surface area contributed by atoms with Crippen LogP contribution in [0.4, 0.5) is 15.8 Å². The second kappa shape index (κ2) is 7.63. The molecule has 0 atom stereocenters. The Kier molecular flexibility index (Phi) is 5.80. The molecule has 0 fully saturated rings. The second-order valence-corrected chi connectivity index (χ2v) is 7.44. The van der Waals surface area contributed by atoms with Crippen molar-refractivity contribution in [2.75, 3.05) is 22.4 Å². The normalized spacial score (nSPS) is 11.1. The number of carbonyl (C=O) groups excluding carboxylic acids is 1. The molecule has 2 aromatic rings. The molecule has 0 spiro atoms. The minimum atomic E-state index is -3.72. The van der Waals surface area contributed by atoms with Gasteiger partial charge in [0.05, 0.1) is 11.9 Å². The number of nitrogens with one attached hydrogen (secondary N) is 1. The first-order valence-corrected chi connectivity index (χ1v) is 9.27. The zero-order valence-corrected chi connectivity index (χ0v) is 14.4. The fourth-order valence-corrected chi connectivity index (χ4v) is 3.23. The molecule has 5 nitrogen and oxygen atoms in total. The van der Waals surface area contributed by atoms with Crippen molar-refractivity contribution in [3.63, 3.8) is 0 Å². The molecular formula is C16H16ClFN2O3S. The number of halogens is 2. The van der Waals surface area contributed by atoms with Crippen molar-refractivity contribution in [2.45, 2.75) is 6.42 Å². The lowest BCUT2D eigenvalue weighted by Crippen LogP contribution is -2.33. The van der Waals surface area contributed by atoms with Crippen LogP contribution in [0.5, 0.6) is 0 Å². The Bertz CT molecular complexity index is 843. The van der Waals surface area contributed by atoms with Gasteiger partial charge in [0.25, 0.3) is 0 Å². The standard InChI is InChI=1S/C16H16ClFN2O3S/c1-24(22,23)20(15-8-3-2-7-14(15)18)10-9-16(21)19-13-6-4-5-12(17)11-13/h2-8,11H,9-10H2,1H3,(H,19,21). The van der Waals surface area contributed by atoms with Crippen LogP contribution in [-0.2, 0) is 14.8 Å². The Morgan fingerprint density at radius 1 is 1.21 bits per heavy atom. The quantitative estimate of drug-likeness (QED) is 0.848. The Labute approximate surface area is 145 Å². The maximum atomic E-state index is 13.9. The Morgan fingerprint density at radius 3 is 2.54 bits per heavy atom.